The van der Waals surface area contributed by atoms with Crippen molar-refractivity contribution in [3.05, 3.63) is 34.3 Å². The molecule has 0 atom stereocenters. The van der Waals surface area contributed by atoms with Crippen LogP contribution >= 0.6 is 23.4 Å². The van der Waals surface area contributed by atoms with Gasteiger partial charge in [0, 0.05) is 10.8 Å². The largest absolute Gasteiger partial charge is 0.468 e. The van der Waals surface area contributed by atoms with Crippen LogP contribution in [-0.4, -0.2) is 18.8 Å². The van der Waals surface area contributed by atoms with E-state index in [0.717, 1.165) is 5.56 Å². The minimum Gasteiger partial charge on any atom is -0.468 e. The Balaban J connectivity index is 2.55. The van der Waals surface area contributed by atoms with Crippen LogP contribution < -0.4 is 0 Å². The van der Waals surface area contributed by atoms with Crippen LogP contribution in [0.1, 0.15) is 11.1 Å². The molecule has 0 aliphatic rings. The second-order valence-corrected chi connectivity index (χ2v) is 4.38. The number of esters is 1. The van der Waals surface area contributed by atoms with E-state index in [1.165, 1.54) is 18.9 Å². The van der Waals surface area contributed by atoms with Crippen LogP contribution in [0.5, 0.6) is 0 Å². The standard InChI is InChI=1S/C11H10ClNO2S/c1-15-11(14)7-16-6-9-3-2-8(5-13)4-10(9)12/h2-4H,6-7H2,1H3. The molecule has 0 aromatic heterocycles. The molecule has 0 aliphatic carbocycles. The fourth-order valence-electron chi connectivity index (χ4n) is 1.04. The van der Waals surface area contributed by atoms with Crippen molar-refractivity contribution in [2.75, 3.05) is 12.9 Å². The molecule has 0 spiro atoms. The number of hydrogen-bond acceptors (Lipinski definition) is 4. The van der Waals surface area contributed by atoms with Crippen LogP contribution in [0.2, 0.25) is 5.02 Å². The number of nitrogens with zero attached hydrogens (tertiary/aromatic N) is 1. The molecule has 1 aromatic carbocycles. The molecule has 0 unspecified atom stereocenters. The molecule has 0 radical (unpaired) electrons. The summed E-state index contributed by atoms with van der Waals surface area (Å²) in [5.74, 6) is 0.668. The van der Waals surface area contributed by atoms with Crippen LogP contribution in [0.3, 0.4) is 0 Å². The molecule has 5 heteroatoms. The Bertz CT molecular complexity index is 428. The molecule has 0 aliphatic heterocycles. The van der Waals surface area contributed by atoms with E-state index in [4.69, 9.17) is 16.9 Å². The number of carbonyl (C=O) groups is 1. The van der Waals surface area contributed by atoms with Gasteiger partial charge in [0.05, 0.1) is 24.5 Å². The average Bonchev–Trinajstić information content (AvgIpc) is 2.30. The van der Waals surface area contributed by atoms with E-state index in [2.05, 4.69) is 4.74 Å². The normalized spacial score (nSPS) is 9.56. The van der Waals surface area contributed by atoms with Crippen LogP contribution in [0.25, 0.3) is 0 Å². The molecule has 0 heterocycles. The Morgan fingerprint density at radius 1 is 1.62 bits per heavy atom. The van der Waals surface area contributed by atoms with Gasteiger partial charge in [-0.2, -0.15) is 5.26 Å². The minimum absolute atomic E-state index is 0.255. The van der Waals surface area contributed by atoms with Crippen LogP contribution in [0, 0.1) is 11.3 Å². The number of benzene rings is 1. The molecule has 0 bridgehead atoms. The minimum atomic E-state index is -0.255. The molecule has 1 aromatic rings. The van der Waals surface area contributed by atoms with Crippen molar-refractivity contribution in [3.63, 3.8) is 0 Å². The summed E-state index contributed by atoms with van der Waals surface area (Å²) in [5.41, 5.74) is 1.45. The summed E-state index contributed by atoms with van der Waals surface area (Å²) in [6.45, 7) is 0. The summed E-state index contributed by atoms with van der Waals surface area (Å²) < 4.78 is 4.52. The summed E-state index contributed by atoms with van der Waals surface area (Å²) >= 11 is 7.40. The summed E-state index contributed by atoms with van der Waals surface area (Å²) in [5, 5.41) is 9.21. The molecule has 16 heavy (non-hydrogen) atoms. The highest BCUT2D eigenvalue weighted by Gasteiger charge is 2.04. The summed E-state index contributed by atoms with van der Waals surface area (Å²) in [7, 11) is 1.36. The highest BCUT2D eigenvalue weighted by atomic mass is 35.5. The maximum atomic E-state index is 10.9. The second-order valence-electron chi connectivity index (χ2n) is 2.99. The van der Waals surface area contributed by atoms with Crippen LogP contribution in [0.4, 0.5) is 0 Å². The van der Waals surface area contributed by atoms with Gasteiger partial charge in [-0.1, -0.05) is 17.7 Å². The first-order chi connectivity index (χ1) is 7.67. The number of halogens is 1. The van der Waals surface area contributed by atoms with Gasteiger partial charge in [0.15, 0.2) is 0 Å². The monoisotopic (exact) mass is 255 g/mol. The number of methoxy groups -OCH3 is 1. The SMILES string of the molecule is COC(=O)CSCc1ccc(C#N)cc1Cl. The third kappa shape index (κ3) is 3.76. The molecule has 0 N–H and O–H groups in total. The van der Waals surface area contributed by atoms with Crippen molar-refractivity contribution in [1.82, 2.24) is 0 Å². The predicted molar refractivity (Wildman–Crippen MR) is 64.3 cm³/mol. The first kappa shape index (κ1) is 12.9. The average molecular weight is 256 g/mol. The lowest BCUT2D eigenvalue weighted by atomic mass is 10.2. The zero-order valence-corrected chi connectivity index (χ0v) is 10.3. The van der Waals surface area contributed by atoms with E-state index >= 15 is 0 Å². The smallest absolute Gasteiger partial charge is 0.315 e. The third-order valence-electron chi connectivity index (χ3n) is 1.89. The highest BCUT2D eigenvalue weighted by Crippen LogP contribution is 2.22. The molecular formula is C11H10ClNO2S. The van der Waals surface area contributed by atoms with Crippen molar-refractivity contribution in [3.8, 4) is 6.07 Å². The van der Waals surface area contributed by atoms with Crippen molar-refractivity contribution >= 4 is 29.3 Å². The van der Waals surface area contributed by atoms with E-state index in [1.807, 2.05) is 6.07 Å². The van der Waals surface area contributed by atoms with Gasteiger partial charge < -0.3 is 4.74 Å². The molecular weight excluding hydrogens is 246 g/mol. The first-order valence-electron chi connectivity index (χ1n) is 4.50. The molecule has 0 fully saturated rings. The lowest BCUT2D eigenvalue weighted by molar-refractivity contribution is -0.137. The maximum Gasteiger partial charge on any atom is 0.315 e. The fraction of sp³-hybridized carbons (Fsp3) is 0.273. The number of hydrogen-bond donors (Lipinski definition) is 0. The van der Waals surface area contributed by atoms with Gasteiger partial charge in [-0.3, -0.25) is 4.79 Å². The molecule has 3 nitrogen and oxygen atoms in total. The van der Waals surface area contributed by atoms with Crippen LogP contribution in [-0.2, 0) is 15.3 Å². The van der Waals surface area contributed by atoms with Gasteiger partial charge in [-0.05, 0) is 17.7 Å². The first-order valence-corrected chi connectivity index (χ1v) is 6.03. The van der Waals surface area contributed by atoms with E-state index in [9.17, 15) is 4.79 Å². The number of ether oxygens (including phenoxy) is 1. The summed E-state index contributed by atoms with van der Waals surface area (Å²) in [6, 6.07) is 7.14. The Labute approximate surface area is 103 Å². The number of thioether (sulfide) groups is 1. The van der Waals surface area contributed by atoms with E-state index in [0.29, 0.717) is 22.1 Å². The van der Waals surface area contributed by atoms with Gasteiger partial charge in [-0.25, -0.2) is 0 Å². The highest BCUT2D eigenvalue weighted by molar-refractivity contribution is 7.99. The molecule has 0 saturated heterocycles. The lowest BCUT2D eigenvalue weighted by Gasteiger charge is -2.03. The van der Waals surface area contributed by atoms with Crippen molar-refractivity contribution in [2.24, 2.45) is 0 Å². The number of rotatable bonds is 4. The zero-order chi connectivity index (χ0) is 12.0. The summed E-state index contributed by atoms with van der Waals surface area (Å²) in [6.07, 6.45) is 0. The topological polar surface area (TPSA) is 50.1 Å². The van der Waals surface area contributed by atoms with E-state index < -0.39 is 0 Å². The maximum absolute atomic E-state index is 10.9. The Kier molecular flexibility index (Phi) is 5.17. The summed E-state index contributed by atoms with van der Waals surface area (Å²) in [4.78, 5) is 10.9. The molecule has 0 saturated carbocycles. The second kappa shape index (κ2) is 6.41. The fourth-order valence-corrected chi connectivity index (χ4v) is 2.22. The van der Waals surface area contributed by atoms with Crippen LogP contribution in [0.15, 0.2) is 18.2 Å². The quantitative estimate of drug-likeness (QED) is 0.776. The van der Waals surface area contributed by atoms with Gasteiger partial charge >= 0.3 is 5.97 Å². The Morgan fingerprint density at radius 3 is 2.94 bits per heavy atom. The number of carbonyl (C=O) groups excluding carboxylic acids is 1. The van der Waals surface area contributed by atoms with Gasteiger partial charge in [0.1, 0.15) is 0 Å². The van der Waals surface area contributed by atoms with E-state index in [1.54, 1.807) is 18.2 Å². The van der Waals surface area contributed by atoms with Gasteiger partial charge in [0.25, 0.3) is 0 Å². The molecule has 84 valence electrons. The van der Waals surface area contributed by atoms with E-state index in [-0.39, 0.29) is 5.97 Å². The number of nitriles is 1. The zero-order valence-electron chi connectivity index (χ0n) is 8.70. The van der Waals surface area contributed by atoms with Crippen molar-refractivity contribution in [1.29, 1.82) is 5.26 Å². The Hall–Kier alpha value is -1.18. The lowest BCUT2D eigenvalue weighted by Crippen LogP contribution is -2.03. The molecule has 0 amide bonds. The third-order valence-corrected chi connectivity index (χ3v) is 3.19. The van der Waals surface area contributed by atoms with Gasteiger partial charge in [-0.15, -0.1) is 11.8 Å². The van der Waals surface area contributed by atoms with Crippen molar-refractivity contribution in [2.45, 2.75) is 5.75 Å². The Morgan fingerprint density at radius 2 is 2.38 bits per heavy atom. The predicted octanol–water partition coefficient (Wildman–Crippen LogP) is 2.62. The van der Waals surface area contributed by atoms with Crippen molar-refractivity contribution < 1.29 is 9.53 Å². The molecule has 1 rings (SSSR count). The van der Waals surface area contributed by atoms with Gasteiger partial charge in [0.2, 0.25) is 0 Å².